The first-order valence-electron chi connectivity index (χ1n) is 10.6. The van der Waals surface area contributed by atoms with E-state index in [0.29, 0.717) is 37.8 Å². The van der Waals surface area contributed by atoms with Crippen LogP contribution < -0.4 is 19.7 Å². The van der Waals surface area contributed by atoms with Crippen molar-refractivity contribution < 1.29 is 24.0 Å². The second-order valence-corrected chi connectivity index (χ2v) is 8.47. The highest BCUT2D eigenvalue weighted by Gasteiger charge is 2.27. The highest BCUT2D eigenvalue weighted by Crippen LogP contribution is 2.31. The van der Waals surface area contributed by atoms with Gasteiger partial charge in [0, 0.05) is 23.0 Å². The number of quaternary nitrogens is 1. The lowest BCUT2D eigenvalue weighted by molar-refractivity contribution is -0.862. The fourth-order valence-corrected chi connectivity index (χ4v) is 3.93. The van der Waals surface area contributed by atoms with Gasteiger partial charge in [0.1, 0.15) is 13.2 Å². The number of nitrogens with zero attached hydrogens (tertiary/aromatic N) is 1. The number of para-hydroxylation sites is 2. The van der Waals surface area contributed by atoms with E-state index in [9.17, 15) is 9.59 Å². The summed E-state index contributed by atoms with van der Waals surface area (Å²) in [5.74, 6) is 1.59. The van der Waals surface area contributed by atoms with Crippen molar-refractivity contribution in [1.29, 1.82) is 0 Å². The maximum atomic E-state index is 12.9. The molecule has 2 atom stereocenters. The number of aromatic nitrogens is 1. The molecular formula is C23H30N3O4+. The molecule has 2 N–H and O–H groups in total. The molecule has 1 amide bonds. The van der Waals surface area contributed by atoms with Crippen LogP contribution in [-0.2, 0) is 11.3 Å². The monoisotopic (exact) mass is 412 g/mol. The van der Waals surface area contributed by atoms with Gasteiger partial charge in [-0.3, -0.25) is 9.59 Å². The van der Waals surface area contributed by atoms with Gasteiger partial charge in [-0.2, -0.15) is 0 Å². The molecule has 1 aliphatic carbocycles. The molecule has 1 saturated carbocycles. The van der Waals surface area contributed by atoms with Crippen molar-refractivity contribution in [2.24, 2.45) is 0 Å². The molecular weight excluding hydrogens is 382 g/mol. The van der Waals surface area contributed by atoms with E-state index in [1.54, 1.807) is 0 Å². The van der Waals surface area contributed by atoms with Crippen LogP contribution in [0, 0.1) is 13.8 Å². The van der Waals surface area contributed by atoms with E-state index in [2.05, 4.69) is 9.88 Å². The first kappa shape index (κ1) is 20.5. The van der Waals surface area contributed by atoms with Crippen LogP contribution in [0.1, 0.15) is 34.6 Å². The zero-order chi connectivity index (χ0) is 21.3. The summed E-state index contributed by atoms with van der Waals surface area (Å²) in [7, 11) is 1.88. The van der Waals surface area contributed by atoms with Crippen molar-refractivity contribution >= 4 is 11.7 Å². The third kappa shape index (κ3) is 4.67. The Morgan fingerprint density at radius 2 is 1.90 bits per heavy atom. The topological polar surface area (TPSA) is 74.0 Å². The largest absolute Gasteiger partial charge is 0.486 e. The number of hydrogen-bond donors (Lipinski definition) is 2. The van der Waals surface area contributed by atoms with Crippen molar-refractivity contribution in [3.63, 3.8) is 0 Å². The van der Waals surface area contributed by atoms with Gasteiger partial charge in [0.15, 0.2) is 24.1 Å². The minimum absolute atomic E-state index is 0.0167. The molecule has 2 aliphatic rings. The number of likely N-dealkylation sites (N-methyl/N-ethyl adjacent to an activating group) is 1. The van der Waals surface area contributed by atoms with Gasteiger partial charge in [0.2, 0.25) is 5.78 Å². The molecule has 0 radical (unpaired) electrons. The van der Waals surface area contributed by atoms with E-state index in [-0.39, 0.29) is 17.8 Å². The van der Waals surface area contributed by atoms with Crippen molar-refractivity contribution in [3.05, 3.63) is 47.3 Å². The Kier molecular flexibility index (Phi) is 5.81. The van der Waals surface area contributed by atoms with Gasteiger partial charge < -0.3 is 24.3 Å². The van der Waals surface area contributed by atoms with E-state index in [1.165, 1.54) is 0 Å². The van der Waals surface area contributed by atoms with Crippen LogP contribution in [-0.4, -0.2) is 55.1 Å². The van der Waals surface area contributed by atoms with Gasteiger partial charge in [-0.05, 0) is 44.9 Å². The molecule has 1 aromatic heterocycles. The molecule has 1 unspecified atom stereocenters. The average Bonchev–Trinajstić information content (AvgIpc) is 3.48. The predicted octanol–water partition coefficient (Wildman–Crippen LogP) is 0.921. The van der Waals surface area contributed by atoms with Gasteiger partial charge in [-0.15, -0.1) is 0 Å². The zero-order valence-corrected chi connectivity index (χ0v) is 17.9. The summed E-state index contributed by atoms with van der Waals surface area (Å²) in [6.45, 7) is 5.66. The Bertz CT molecular complexity index is 948. The number of benzene rings is 1. The van der Waals surface area contributed by atoms with E-state index in [0.717, 1.165) is 40.6 Å². The number of rotatable bonds is 8. The predicted molar refractivity (Wildman–Crippen MR) is 112 cm³/mol. The molecule has 0 bridgehead atoms. The maximum absolute atomic E-state index is 12.9. The quantitative estimate of drug-likeness (QED) is 0.633. The average molecular weight is 413 g/mol. The van der Waals surface area contributed by atoms with Gasteiger partial charge in [0.25, 0.3) is 5.91 Å². The Balaban J connectivity index is 1.38. The number of aryl methyl sites for hydroxylation is 1. The fourth-order valence-electron chi connectivity index (χ4n) is 3.93. The van der Waals surface area contributed by atoms with Crippen LogP contribution in [0.3, 0.4) is 0 Å². The minimum atomic E-state index is -0.118. The molecule has 7 heteroatoms. The number of nitrogens with one attached hydrogen (secondary N) is 2. The molecule has 1 aliphatic heterocycles. The smallest absolute Gasteiger partial charge is 0.275 e. The molecule has 160 valence electrons. The molecule has 4 rings (SSSR count). The Labute approximate surface area is 177 Å². The van der Waals surface area contributed by atoms with Gasteiger partial charge in [0.05, 0.1) is 13.6 Å². The number of amides is 1. The number of ether oxygens (including phenoxy) is 2. The highest BCUT2D eigenvalue weighted by molar-refractivity contribution is 5.98. The van der Waals surface area contributed by atoms with Crippen LogP contribution in [0.15, 0.2) is 30.3 Å². The van der Waals surface area contributed by atoms with E-state index >= 15 is 0 Å². The lowest BCUT2D eigenvalue weighted by Crippen LogP contribution is -3.11. The molecule has 2 heterocycles. The number of fused-ring (bicyclic) bond motifs is 1. The minimum Gasteiger partial charge on any atom is -0.486 e. The normalized spacial score (nSPS) is 18.7. The molecule has 0 saturated heterocycles. The molecule has 1 aromatic carbocycles. The lowest BCUT2D eigenvalue weighted by atomic mass is 10.1. The van der Waals surface area contributed by atoms with E-state index in [1.807, 2.05) is 51.2 Å². The summed E-state index contributed by atoms with van der Waals surface area (Å²) in [5.41, 5.74) is 2.66. The van der Waals surface area contributed by atoms with Gasteiger partial charge in [-0.25, -0.2) is 0 Å². The van der Waals surface area contributed by atoms with Crippen molar-refractivity contribution in [2.45, 2.75) is 45.4 Å². The molecule has 0 spiro atoms. The van der Waals surface area contributed by atoms with Crippen LogP contribution in [0.5, 0.6) is 11.5 Å². The molecule has 1 fully saturated rings. The van der Waals surface area contributed by atoms with E-state index < -0.39 is 0 Å². The maximum Gasteiger partial charge on any atom is 0.275 e. The van der Waals surface area contributed by atoms with Gasteiger partial charge >= 0.3 is 0 Å². The molecule has 30 heavy (non-hydrogen) atoms. The zero-order valence-electron chi connectivity index (χ0n) is 17.9. The van der Waals surface area contributed by atoms with Crippen LogP contribution >= 0.6 is 0 Å². The van der Waals surface area contributed by atoms with Crippen LogP contribution in [0.4, 0.5) is 0 Å². The number of hydrogen-bond acceptors (Lipinski definition) is 4. The molecule has 7 nitrogen and oxygen atoms in total. The first-order chi connectivity index (χ1) is 14.4. The summed E-state index contributed by atoms with van der Waals surface area (Å²) < 4.78 is 14.0. The lowest BCUT2D eigenvalue weighted by Gasteiger charge is -2.27. The van der Waals surface area contributed by atoms with Crippen LogP contribution in [0.25, 0.3) is 0 Å². The van der Waals surface area contributed by atoms with Gasteiger partial charge in [-0.1, -0.05) is 12.1 Å². The second-order valence-electron chi connectivity index (χ2n) is 8.47. The Hall–Kier alpha value is -2.80. The summed E-state index contributed by atoms with van der Waals surface area (Å²) >= 11 is 0. The summed E-state index contributed by atoms with van der Waals surface area (Å²) in [6, 6.07) is 9.94. The number of carbonyl (C=O) groups excluding carboxylic acids is 2. The third-order valence-corrected chi connectivity index (χ3v) is 5.69. The number of carbonyl (C=O) groups is 2. The summed E-state index contributed by atoms with van der Waals surface area (Å²) in [4.78, 5) is 25.8. The second kappa shape index (κ2) is 8.52. The Morgan fingerprint density at radius 1 is 1.17 bits per heavy atom. The third-order valence-electron chi connectivity index (χ3n) is 5.69. The van der Waals surface area contributed by atoms with Crippen molar-refractivity contribution in [1.82, 2.24) is 9.88 Å². The fraction of sp³-hybridized carbons (Fsp3) is 0.478. The molecule has 2 aromatic rings. The summed E-state index contributed by atoms with van der Waals surface area (Å²) in [6.07, 6.45) is 2.01. The van der Waals surface area contributed by atoms with E-state index in [4.69, 9.17) is 9.47 Å². The number of Topliss-reactive ketones (excluding diaryl/α,β-unsaturated/α-hetero) is 1. The summed E-state index contributed by atoms with van der Waals surface area (Å²) in [5, 5.41) is 2.97. The first-order valence-corrected chi connectivity index (χ1v) is 10.6. The SMILES string of the molecule is Cc1cc(C(=O)C[NH+](C)CC(=O)NC2CC2)c(C)n1C[C@@H]1COc2ccccc2O1. The van der Waals surface area contributed by atoms with Crippen LogP contribution in [0.2, 0.25) is 0 Å². The van der Waals surface area contributed by atoms with Crippen molar-refractivity contribution in [3.8, 4) is 11.5 Å². The standard InChI is InChI=1S/C23H29N3O4/c1-15-10-19(20(27)12-25(3)13-23(28)24-17-8-9-17)16(2)26(15)11-18-14-29-21-6-4-5-7-22(21)30-18/h4-7,10,17-18H,8-9,11-14H2,1-3H3,(H,24,28)/p+1/t18-/m1/s1. The highest BCUT2D eigenvalue weighted by atomic mass is 16.6. The Morgan fingerprint density at radius 3 is 2.63 bits per heavy atom. The van der Waals surface area contributed by atoms with Crippen molar-refractivity contribution in [2.75, 3.05) is 26.7 Å². The number of ketones is 1.